The van der Waals surface area contributed by atoms with E-state index in [1.165, 1.54) is 0 Å². The molecule has 0 amide bonds. The van der Waals surface area contributed by atoms with Gasteiger partial charge in [0.05, 0.1) is 6.61 Å². The summed E-state index contributed by atoms with van der Waals surface area (Å²) in [6, 6.07) is 0. The predicted octanol–water partition coefficient (Wildman–Crippen LogP) is -0.371. The van der Waals surface area contributed by atoms with Crippen molar-refractivity contribution < 1.29 is 19.3 Å². The Morgan fingerprint density at radius 3 is 2.38 bits per heavy atom. The first-order valence-electron chi connectivity index (χ1n) is 2.25. The third-order valence-electron chi connectivity index (χ3n) is 0.501. The van der Waals surface area contributed by atoms with Crippen molar-refractivity contribution in [1.29, 1.82) is 0 Å². The summed E-state index contributed by atoms with van der Waals surface area (Å²) >= 11 is 0. The van der Waals surface area contributed by atoms with Gasteiger partial charge in [0.2, 0.25) is 0 Å². The van der Waals surface area contributed by atoms with Crippen LogP contribution in [0.1, 0.15) is 6.92 Å². The van der Waals surface area contributed by atoms with Crippen molar-refractivity contribution in [3.05, 3.63) is 0 Å². The summed E-state index contributed by atoms with van der Waals surface area (Å²) in [4.78, 5) is 0. The predicted molar refractivity (Wildman–Crippen MR) is 24.7 cm³/mol. The summed E-state index contributed by atoms with van der Waals surface area (Å²) in [6.45, 7) is 0.549. The summed E-state index contributed by atoms with van der Waals surface area (Å²) in [5, 5.41) is 16.4. The lowest BCUT2D eigenvalue weighted by Gasteiger charge is -2.08. The number of hydrogen-bond donors (Lipinski definition) is 2. The zero-order chi connectivity index (χ0) is 6.57. The highest BCUT2D eigenvalue weighted by molar-refractivity contribution is 4.33. The zero-order valence-electron chi connectivity index (χ0n) is 4.54. The van der Waals surface area contributed by atoms with Crippen molar-refractivity contribution in [3.8, 4) is 0 Å². The lowest BCUT2D eigenvalue weighted by Crippen LogP contribution is -2.19. The second kappa shape index (κ2) is 3.77. The molecule has 8 heavy (non-hydrogen) atoms. The van der Waals surface area contributed by atoms with Gasteiger partial charge in [-0.3, -0.25) is 0 Å². The minimum atomic E-state index is -1.53. The molecule has 0 spiro atoms. The van der Waals surface area contributed by atoms with E-state index in [-0.39, 0.29) is 0 Å². The largest absolute Gasteiger partial charge is 0.391 e. The van der Waals surface area contributed by atoms with Gasteiger partial charge in [-0.25, -0.2) is 4.39 Å². The normalized spacial score (nSPS) is 18.0. The molecule has 0 aliphatic heterocycles. The average Bonchev–Trinajstić information content (AvgIpc) is 1.65. The van der Waals surface area contributed by atoms with Crippen LogP contribution in [0.4, 0.5) is 4.39 Å². The molecule has 0 aliphatic carbocycles. The lowest BCUT2D eigenvalue weighted by atomic mass is 10.7. The van der Waals surface area contributed by atoms with E-state index in [1.807, 2.05) is 0 Å². The molecule has 0 aromatic rings. The molecule has 4 heteroatoms. The van der Waals surface area contributed by atoms with Crippen LogP contribution in [0.5, 0.6) is 0 Å². The van der Waals surface area contributed by atoms with E-state index in [0.717, 1.165) is 6.92 Å². The molecular formula is C4H9FO3. The standard InChI is InChI=1S/C4H9FO3/c1-3(5)8-4(7)2-6/h3-4,6-7H,2H2,1H3. The molecule has 0 fully saturated rings. The molecular weight excluding hydrogens is 115 g/mol. The summed E-state index contributed by atoms with van der Waals surface area (Å²) < 4.78 is 15.7. The van der Waals surface area contributed by atoms with Crippen molar-refractivity contribution >= 4 is 0 Å². The van der Waals surface area contributed by atoms with Gasteiger partial charge >= 0.3 is 0 Å². The maximum absolute atomic E-state index is 11.6. The smallest absolute Gasteiger partial charge is 0.198 e. The highest BCUT2D eigenvalue weighted by Crippen LogP contribution is 1.94. The van der Waals surface area contributed by atoms with Gasteiger partial charge in [0.25, 0.3) is 0 Å². The maximum Gasteiger partial charge on any atom is 0.198 e. The van der Waals surface area contributed by atoms with Gasteiger partial charge in [0.15, 0.2) is 12.6 Å². The van der Waals surface area contributed by atoms with E-state index in [0.29, 0.717) is 0 Å². The Morgan fingerprint density at radius 2 is 2.25 bits per heavy atom. The Kier molecular flexibility index (Phi) is 3.68. The zero-order valence-corrected chi connectivity index (χ0v) is 4.54. The van der Waals surface area contributed by atoms with Crippen molar-refractivity contribution in [1.82, 2.24) is 0 Å². The second-order valence-corrected chi connectivity index (χ2v) is 1.32. The summed E-state index contributed by atoms with van der Waals surface area (Å²) in [5.74, 6) is 0. The molecule has 2 N–H and O–H groups in total. The van der Waals surface area contributed by atoms with E-state index in [4.69, 9.17) is 10.2 Å². The molecule has 3 nitrogen and oxygen atoms in total. The fourth-order valence-electron chi connectivity index (χ4n) is 0.259. The van der Waals surface area contributed by atoms with E-state index in [1.54, 1.807) is 0 Å². The average molecular weight is 124 g/mol. The van der Waals surface area contributed by atoms with Gasteiger partial charge in [-0.05, 0) is 6.92 Å². The first kappa shape index (κ1) is 7.81. The third kappa shape index (κ3) is 3.98. The molecule has 0 radical (unpaired) electrons. The fraction of sp³-hybridized carbons (Fsp3) is 1.00. The lowest BCUT2D eigenvalue weighted by molar-refractivity contribution is -0.185. The summed E-state index contributed by atoms with van der Waals surface area (Å²) in [6.07, 6.45) is -2.92. The van der Waals surface area contributed by atoms with Gasteiger partial charge in [-0.1, -0.05) is 0 Å². The summed E-state index contributed by atoms with van der Waals surface area (Å²) in [5.41, 5.74) is 0. The Hall–Kier alpha value is -0.190. The molecule has 0 aromatic carbocycles. The molecule has 0 heterocycles. The first-order valence-corrected chi connectivity index (χ1v) is 2.25. The topological polar surface area (TPSA) is 49.7 Å². The van der Waals surface area contributed by atoms with E-state index >= 15 is 0 Å². The number of halogens is 1. The molecule has 2 atom stereocenters. The van der Waals surface area contributed by atoms with Crippen LogP contribution in [0.25, 0.3) is 0 Å². The molecule has 0 aromatic heterocycles. The highest BCUT2D eigenvalue weighted by atomic mass is 19.1. The SMILES string of the molecule is CC(F)OC(O)CO. The van der Waals surface area contributed by atoms with Crippen molar-refractivity contribution in [2.75, 3.05) is 6.61 Å². The van der Waals surface area contributed by atoms with E-state index < -0.39 is 19.3 Å². The molecule has 0 rings (SSSR count). The molecule has 0 saturated heterocycles. The van der Waals surface area contributed by atoms with Crippen molar-refractivity contribution in [2.24, 2.45) is 0 Å². The quantitative estimate of drug-likeness (QED) is 0.504. The van der Waals surface area contributed by atoms with Crippen LogP contribution in [-0.4, -0.2) is 29.5 Å². The molecule has 0 aliphatic rings. The molecule has 50 valence electrons. The Balaban J connectivity index is 3.10. The van der Waals surface area contributed by atoms with E-state index in [9.17, 15) is 4.39 Å². The van der Waals surface area contributed by atoms with Crippen LogP contribution < -0.4 is 0 Å². The van der Waals surface area contributed by atoms with Gasteiger partial charge < -0.3 is 14.9 Å². The van der Waals surface area contributed by atoms with Gasteiger partial charge in [0.1, 0.15) is 0 Å². The number of alkyl halides is 1. The van der Waals surface area contributed by atoms with Gasteiger partial charge in [-0.15, -0.1) is 0 Å². The van der Waals surface area contributed by atoms with Gasteiger partial charge in [0, 0.05) is 0 Å². The number of rotatable bonds is 3. The van der Waals surface area contributed by atoms with Crippen molar-refractivity contribution in [2.45, 2.75) is 19.6 Å². The van der Waals surface area contributed by atoms with E-state index in [2.05, 4.69) is 4.74 Å². The first-order chi connectivity index (χ1) is 3.66. The van der Waals surface area contributed by atoms with Crippen LogP contribution >= 0.6 is 0 Å². The summed E-state index contributed by atoms with van der Waals surface area (Å²) in [7, 11) is 0. The van der Waals surface area contributed by atoms with Crippen molar-refractivity contribution in [3.63, 3.8) is 0 Å². The maximum atomic E-state index is 11.6. The van der Waals surface area contributed by atoms with Crippen LogP contribution in [0.2, 0.25) is 0 Å². The Morgan fingerprint density at radius 1 is 1.75 bits per heavy atom. The molecule has 2 unspecified atom stereocenters. The monoisotopic (exact) mass is 124 g/mol. The second-order valence-electron chi connectivity index (χ2n) is 1.32. The number of hydrogen-bond acceptors (Lipinski definition) is 3. The molecule has 0 saturated carbocycles. The van der Waals surface area contributed by atoms with Crippen LogP contribution in [0.3, 0.4) is 0 Å². The number of aliphatic hydroxyl groups excluding tert-OH is 2. The number of aliphatic hydroxyl groups is 2. The minimum absolute atomic E-state index is 0.575. The van der Waals surface area contributed by atoms with Crippen LogP contribution in [0, 0.1) is 0 Å². The number of ether oxygens (including phenoxy) is 1. The van der Waals surface area contributed by atoms with Gasteiger partial charge in [-0.2, -0.15) is 0 Å². The minimum Gasteiger partial charge on any atom is -0.391 e. The third-order valence-corrected chi connectivity index (χ3v) is 0.501. The van der Waals surface area contributed by atoms with Crippen LogP contribution in [-0.2, 0) is 4.74 Å². The van der Waals surface area contributed by atoms with Crippen LogP contribution in [0.15, 0.2) is 0 Å². The fourth-order valence-corrected chi connectivity index (χ4v) is 0.259. The highest BCUT2D eigenvalue weighted by Gasteiger charge is 2.04. The Labute approximate surface area is 46.7 Å². The Bertz CT molecular complexity index is 57.2. The molecule has 0 bridgehead atoms.